The van der Waals surface area contributed by atoms with Gasteiger partial charge in [0.25, 0.3) is 0 Å². The molecule has 5 heteroatoms. The number of benzene rings is 2. The fraction of sp³-hybridized carbons (Fsp3) is 0.125. The number of carbonyl (C=O) groups is 1. The molecular formula is C16H16N4O. The van der Waals surface area contributed by atoms with Gasteiger partial charge in [-0.1, -0.05) is 30.3 Å². The normalized spacial score (nSPS) is 11.2. The summed E-state index contributed by atoms with van der Waals surface area (Å²) in [7, 11) is 0. The maximum Gasteiger partial charge on any atom is 0.319 e. The molecule has 2 aromatic carbocycles. The van der Waals surface area contributed by atoms with Gasteiger partial charge in [0, 0.05) is 18.3 Å². The lowest BCUT2D eigenvalue weighted by Gasteiger charge is -2.13. The lowest BCUT2D eigenvalue weighted by molar-refractivity contribution is 0.251. The fourth-order valence-electron chi connectivity index (χ4n) is 1.82. The highest BCUT2D eigenvalue weighted by Gasteiger charge is 2.07. The van der Waals surface area contributed by atoms with Crippen molar-refractivity contribution < 1.29 is 4.79 Å². The number of nitrogens with zero attached hydrogens (tertiary/aromatic N) is 1. The van der Waals surface area contributed by atoms with Crippen molar-refractivity contribution >= 4 is 11.7 Å². The Kier molecular flexibility index (Phi) is 4.91. The molecule has 1 atom stereocenters. The molecule has 0 saturated heterocycles. The minimum atomic E-state index is -0.328. The first-order valence-corrected chi connectivity index (χ1v) is 6.54. The predicted octanol–water partition coefficient (Wildman–Crippen LogP) is 2.38. The molecule has 0 heterocycles. The van der Waals surface area contributed by atoms with Gasteiger partial charge < -0.3 is 16.4 Å². The average Bonchev–Trinajstić information content (AvgIpc) is 2.54. The van der Waals surface area contributed by atoms with E-state index in [0.29, 0.717) is 17.8 Å². The first-order chi connectivity index (χ1) is 10.2. The van der Waals surface area contributed by atoms with Crippen molar-refractivity contribution in [2.75, 3.05) is 11.9 Å². The zero-order chi connectivity index (χ0) is 15.1. The number of nitriles is 1. The molecule has 21 heavy (non-hydrogen) atoms. The van der Waals surface area contributed by atoms with Gasteiger partial charge in [-0.15, -0.1) is 0 Å². The highest BCUT2D eigenvalue weighted by Crippen LogP contribution is 2.10. The maximum absolute atomic E-state index is 11.8. The summed E-state index contributed by atoms with van der Waals surface area (Å²) in [5.74, 6) is 0. The molecule has 0 aliphatic carbocycles. The molecule has 0 aliphatic heterocycles. The zero-order valence-electron chi connectivity index (χ0n) is 11.4. The van der Waals surface area contributed by atoms with Crippen molar-refractivity contribution in [3.05, 3.63) is 65.7 Å². The van der Waals surface area contributed by atoms with Crippen LogP contribution in [0.15, 0.2) is 54.6 Å². The summed E-state index contributed by atoms with van der Waals surface area (Å²) in [6, 6.07) is 17.7. The first-order valence-electron chi connectivity index (χ1n) is 6.54. The largest absolute Gasteiger partial charge is 0.336 e. The Morgan fingerprint density at radius 1 is 1.14 bits per heavy atom. The van der Waals surface area contributed by atoms with Crippen molar-refractivity contribution in [2.24, 2.45) is 5.73 Å². The summed E-state index contributed by atoms with van der Waals surface area (Å²) in [6.45, 7) is 0.339. The molecular weight excluding hydrogens is 264 g/mol. The van der Waals surface area contributed by atoms with E-state index in [9.17, 15) is 4.79 Å². The highest BCUT2D eigenvalue weighted by molar-refractivity contribution is 5.89. The number of carbonyl (C=O) groups excluding carboxylic acids is 1. The first kappa shape index (κ1) is 14.6. The van der Waals surface area contributed by atoms with E-state index in [-0.39, 0.29) is 12.1 Å². The van der Waals surface area contributed by atoms with Crippen LogP contribution in [-0.4, -0.2) is 12.6 Å². The molecule has 106 valence electrons. The molecule has 0 radical (unpaired) electrons. The number of hydrogen-bond acceptors (Lipinski definition) is 3. The Balaban J connectivity index is 1.83. The zero-order valence-corrected chi connectivity index (χ0v) is 11.4. The van der Waals surface area contributed by atoms with Crippen molar-refractivity contribution in [1.29, 1.82) is 5.26 Å². The molecule has 2 aromatic rings. The van der Waals surface area contributed by atoms with Gasteiger partial charge in [-0.3, -0.25) is 0 Å². The summed E-state index contributed by atoms with van der Waals surface area (Å²) < 4.78 is 0. The number of urea groups is 1. The molecule has 5 nitrogen and oxygen atoms in total. The van der Waals surface area contributed by atoms with Gasteiger partial charge in [0.05, 0.1) is 11.6 Å². The number of nitrogens with two attached hydrogens (primary N) is 1. The number of anilines is 1. The third kappa shape index (κ3) is 4.34. The Morgan fingerprint density at radius 3 is 2.43 bits per heavy atom. The number of nitrogens with one attached hydrogen (secondary N) is 2. The van der Waals surface area contributed by atoms with Gasteiger partial charge in [-0.25, -0.2) is 4.79 Å². The Hall–Kier alpha value is -2.84. The molecule has 2 amide bonds. The van der Waals surface area contributed by atoms with E-state index >= 15 is 0 Å². The molecule has 0 aromatic heterocycles. The topological polar surface area (TPSA) is 90.9 Å². The molecule has 4 N–H and O–H groups in total. The lowest BCUT2D eigenvalue weighted by Crippen LogP contribution is -2.34. The summed E-state index contributed by atoms with van der Waals surface area (Å²) in [5.41, 5.74) is 8.14. The second kappa shape index (κ2) is 7.08. The van der Waals surface area contributed by atoms with E-state index < -0.39 is 0 Å². The minimum absolute atomic E-state index is 0.252. The van der Waals surface area contributed by atoms with Crippen molar-refractivity contribution in [1.82, 2.24) is 5.32 Å². The average molecular weight is 280 g/mol. The minimum Gasteiger partial charge on any atom is -0.336 e. The quantitative estimate of drug-likeness (QED) is 0.803. The SMILES string of the molecule is N#Cc1ccc(NC(=O)NCC(N)c2ccccc2)cc1. The highest BCUT2D eigenvalue weighted by atomic mass is 16.2. The standard InChI is InChI=1S/C16H16N4O/c17-10-12-6-8-14(9-7-12)20-16(21)19-11-15(18)13-4-2-1-3-5-13/h1-9,15H,11,18H2,(H2,19,20,21). The predicted molar refractivity (Wildman–Crippen MR) is 81.5 cm³/mol. The van der Waals surface area contributed by atoms with Crippen molar-refractivity contribution in [3.8, 4) is 6.07 Å². The van der Waals surface area contributed by atoms with Crippen LogP contribution in [0.1, 0.15) is 17.2 Å². The molecule has 0 aliphatic rings. The number of amides is 2. The van der Waals surface area contributed by atoms with Crippen LogP contribution in [0, 0.1) is 11.3 Å². The number of hydrogen-bond donors (Lipinski definition) is 3. The van der Waals surface area contributed by atoms with Crippen LogP contribution < -0.4 is 16.4 Å². The monoisotopic (exact) mass is 280 g/mol. The van der Waals surface area contributed by atoms with E-state index in [1.54, 1.807) is 24.3 Å². The van der Waals surface area contributed by atoms with Gasteiger partial charge in [0.2, 0.25) is 0 Å². The van der Waals surface area contributed by atoms with Crippen molar-refractivity contribution in [2.45, 2.75) is 6.04 Å². The summed E-state index contributed by atoms with van der Waals surface area (Å²) >= 11 is 0. The van der Waals surface area contributed by atoms with Crippen LogP contribution in [0.3, 0.4) is 0 Å². The van der Waals surface area contributed by atoms with Gasteiger partial charge >= 0.3 is 6.03 Å². The Morgan fingerprint density at radius 2 is 1.81 bits per heavy atom. The summed E-state index contributed by atoms with van der Waals surface area (Å²) in [5, 5.41) is 14.1. The van der Waals surface area contributed by atoms with Crippen LogP contribution in [0.25, 0.3) is 0 Å². The van der Waals surface area contributed by atoms with E-state index in [0.717, 1.165) is 5.56 Å². The molecule has 1 unspecified atom stereocenters. The van der Waals surface area contributed by atoms with Crippen LogP contribution in [0.2, 0.25) is 0 Å². The van der Waals surface area contributed by atoms with Gasteiger partial charge in [0.15, 0.2) is 0 Å². The second-order valence-corrected chi connectivity index (χ2v) is 4.54. The molecule has 0 fully saturated rings. The van der Waals surface area contributed by atoms with Crippen LogP contribution >= 0.6 is 0 Å². The lowest BCUT2D eigenvalue weighted by atomic mass is 10.1. The molecule has 0 bridgehead atoms. The van der Waals surface area contributed by atoms with Gasteiger partial charge in [-0.05, 0) is 29.8 Å². The Labute approximate surface area is 123 Å². The fourth-order valence-corrected chi connectivity index (χ4v) is 1.82. The summed E-state index contributed by atoms with van der Waals surface area (Å²) in [6.07, 6.45) is 0. The molecule has 2 rings (SSSR count). The van der Waals surface area contributed by atoms with E-state index in [2.05, 4.69) is 10.6 Å². The third-order valence-corrected chi connectivity index (χ3v) is 2.98. The van der Waals surface area contributed by atoms with Crippen LogP contribution in [0.5, 0.6) is 0 Å². The number of rotatable bonds is 4. The van der Waals surface area contributed by atoms with Gasteiger partial charge in [0.1, 0.15) is 0 Å². The van der Waals surface area contributed by atoms with E-state index in [1.165, 1.54) is 0 Å². The smallest absolute Gasteiger partial charge is 0.319 e. The molecule has 0 saturated carbocycles. The van der Waals surface area contributed by atoms with Crippen molar-refractivity contribution in [3.63, 3.8) is 0 Å². The third-order valence-electron chi connectivity index (χ3n) is 2.98. The van der Waals surface area contributed by atoms with E-state index in [1.807, 2.05) is 36.4 Å². The molecule has 0 spiro atoms. The van der Waals surface area contributed by atoms with Gasteiger partial charge in [-0.2, -0.15) is 5.26 Å². The second-order valence-electron chi connectivity index (χ2n) is 4.54. The Bertz CT molecular complexity index is 632. The van der Waals surface area contributed by atoms with Crippen LogP contribution in [0.4, 0.5) is 10.5 Å². The van der Waals surface area contributed by atoms with E-state index in [4.69, 9.17) is 11.0 Å². The maximum atomic E-state index is 11.8. The van der Waals surface area contributed by atoms with Crippen LogP contribution in [-0.2, 0) is 0 Å². The summed E-state index contributed by atoms with van der Waals surface area (Å²) in [4.78, 5) is 11.8.